The quantitative estimate of drug-likeness (QED) is 0.901. The van der Waals surface area contributed by atoms with Gasteiger partial charge in [-0.15, -0.1) is 12.4 Å². The predicted octanol–water partition coefficient (Wildman–Crippen LogP) is 3.85. The van der Waals surface area contributed by atoms with Crippen LogP contribution in [0.1, 0.15) is 34.7 Å². The molecular weight excluding hydrogens is 314 g/mol. The van der Waals surface area contributed by atoms with Gasteiger partial charge in [-0.3, -0.25) is 4.90 Å². The first-order valence-electron chi connectivity index (χ1n) is 7.79. The van der Waals surface area contributed by atoms with Gasteiger partial charge in [0.15, 0.2) is 0 Å². The van der Waals surface area contributed by atoms with E-state index < -0.39 is 5.97 Å². The number of halogens is 1. The van der Waals surface area contributed by atoms with E-state index in [9.17, 15) is 4.79 Å². The van der Waals surface area contributed by atoms with Gasteiger partial charge in [-0.1, -0.05) is 30.3 Å². The van der Waals surface area contributed by atoms with E-state index in [1.807, 2.05) is 0 Å². The monoisotopic (exact) mass is 335 g/mol. The minimum atomic E-state index is -1.01. The maximum atomic E-state index is 10.8. The van der Waals surface area contributed by atoms with Crippen molar-refractivity contribution in [3.05, 3.63) is 59.5 Å². The normalized spacial score (nSPS) is 16.0. The van der Waals surface area contributed by atoms with Crippen LogP contribution in [0.25, 0.3) is 0 Å². The summed E-state index contributed by atoms with van der Waals surface area (Å²) < 4.78 is 5.33. The molecule has 0 atom stereocenters. The SMILES string of the molecule is Cl.O=C(O)c1ccc(CN2CCC(Cc3ccccc3)CC2)o1. The summed E-state index contributed by atoms with van der Waals surface area (Å²) >= 11 is 0. The molecule has 4 nitrogen and oxygen atoms in total. The van der Waals surface area contributed by atoms with E-state index in [2.05, 4.69) is 35.2 Å². The summed E-state index contributed by atoms with van der Waals surface area (Å²) in [4.78, 5) is 13.2. The molecule has 0 spiro atoms. The minimum absolute atomic E-state index is 0. The molecular formula is C18H22ClNO3. The lowest BCUT2D eigenvalue weighted by Gasteiger charge is -2.31. The van der Waals surface area contributed by atoms with Crippen molar-refractivity contribution in [2.45, 2.75) is 25.8 Å². The molecule has 1 fully saturated rings. The summed E-state index contributed by atoms with van der Waals surface area (Å²) in [5.41, 5.74) is 1.41. The summed E-state index contributed by atoms with van der Waals surface area (Å²) in [5, 5.41) is 8.87. The molecule has 1 aliphatic rings. The van der Waals surface area contributed by atoms with E-state index in [0.717, 1.165) is 31.2 Å². The molecule has 3 rings (SSSR count). The largest absolute Gasteiger partial charge is 0.475 e. The number of likely N-dealkylation sites (tertiary alicyclic amines) is 1. The van der Waals surface area contributed by atoms with Gasteiger partial charge in [-0.25, -0.2) is 4.79 Å². The number of rotatable bonds is 5. The highest BCUT2D eigenvalue weighted by Gasteiger charge is 2.20. The maximum absolute atomic E-state index is 10.8. The Labute approximate surface area is 142 Å². The average molecular weight is 336 g/mol. The molecule has 2 heterocycles. The first kappa shape index (κ1) is 17.6. The predicted molar refractivity (Wildman–Crippen MR) is 91.1 cm³/mol. The molecule has 1 N–H and O–H groups in total. The van der Waals surface area contributed by atoms with Crippen LogP contribution in [0.4, 0.5) is 0 Å². The fourth-order valence-electron chi connectivity index (χ4n) is 3.09. The van der Waals surface area contributed by atoms with Gasteiger partial charge >= 0.3 is 5.97 Å². The second kappa shape index (κ2) is 8.18. The molecule has 0 radical (unpaired) electrons. The van der Waals surface area contributed by atoms with Crippen molar-refractivity contribution in [1.82, 2.24) is 4.90 Å². The highest BCUT2D eigenvalue weighted by atomic mass is 35.5. The third-order valence-corrected chi connectivity index (χ3v) is 4.33. The van der Waals surface area contributed by atoms with E-state index in [4.69, 9.17) is 9.52 Å². The Morgan fingerprint density at radius 3 is 2.43 bits per heavy atom. The minimum Gasteiger partial charge on any atom is -0.475 e. The van der Waals surface area contributed by atoms with Crippen LogP contribution in [0.3, 0.4) is 0 Å². The zero-order valence-corrected chi connectivity index (χ0v) is 13.8. The van der Waals surface area contributed by atoms with Crippen LogP contribution in [0.5, 0.6) is 0 Å². The van der Waals surface area contributed by atoms with Crippen LogP contribution < -0.4 is 0 Å². The van der Waals surface area contributed by atoms with Gasteiger partial charge in [0.2, 0.25) is 5.76 Å². The Bertz CT molecular complexity index is 618. The molecule has 5 heteroatoms. The molecule has 0 unspecified atom stereocenters. The number of carbonyl (C=O) groups is 1. The number of hydrogen-bond acceptors (Lipinski definition) is 3. The molecule has 0 bridgehead atoms. The molecule has 1 aliphatic heterocycles. The van der Waals surface area contributed by atoms with Crippen LogP contribution in [0.2, 0.25) is 0 Å². The number of hydrogen-bond donors (Lipinski definition) is 1. The van der Waals surface area contributed by atoms with E-state index >= 15 is 0 Å². The number of carboxylic acids is 1. The summed E-state index contributed by atoms with van der Waals surface area (Å²) in [6, 6.07) is 13.9. The third-order valence-electron chi connectivity index (χ3n) is 4.33. The second-order valence-electron chi connectivity index (χ2n) is 5.98. The molecule has 0 saturated carbocycles. The highest BCUT2D eigenvalue weighted by Crippen LogP contribution is 2.23. The maximum Gasteiger partial charge on any atom is 0.371 e. The van der Waals surface area contributed by atoms with Crippen LogP contribution in [0.15, 0.2) is 46.9 Å². The molecule has 23 heavy (non-hydrogen) atoms. The Balaban J connectivity index is 0.00000192. The lowest BCUT2D eigenvalue weighted by Crippen LogP contribution is -2.33. The van der Waals surface area contributed by atoms with Crippen molar-refractivity contribution in [3.63, 3.8) is 0 Å². The highest BCUT2D eigenvalue weighted by molar-refractivity contribution is 5.85. The Kier molecular flexibility index (Phi) is 6.25. The number of benzene rings is 1. The van der Waals surface area contributed by atoms with Crippen molar-refractivity contribution in [1.29, 1.82) is 0 Å². The van der Waals surface area contributed by atoms with E-state index in [-0.39, 0.29) is 18.2 Å². The van der Waals surface area contributed by atoms with Gasteiger partial charge < -0.3 is 9.52 Å². The average Bonchev–Trinajstić information content (AvgIpc) is 2.99. The first-order valence-corrected chi connectivity index (χ1v) is 7.79. The fourth-order valence-corrected chi connectivity index (χ4v) is 3.09. The number of furan rings is 1. The number of nitrogens with zero attached hydrogens (tertiary/aromatic N) is 1. The molecule has 124 valence electrons. The molecule has 2 aromatic rings. The number of aromatic carboxylic acids is 1. The zero-order valence-electron chi connectivity index (χ0n) is 13.0. The lowest BCUT2D eigenvalue weighted by molar-refractivity contribution is 0.0657. The van der Waals surface area contributed by atoms with E-state index in [1.54, 1.807) is 6.07 Å². The summed E-state index contributed by atoms with van der Waals surface area (Å²) in [6.45, 7) is 2.78. The first-order chi connectivity index (χ1) is 10.7. The lowest BCUT2D eigenvalue weighted by atomic mass is 9.90. The van der Waals surface area contributed by atoms with Crippen LogP contribution in [-0.4, -0.2) is 29.1 Å². The van der Waals surface area contributed by atoms with Gasteiger partial charge in [-0.2, -0.15) is 0 Å². The molecule has 1 saturated heterocycles. The Morgan fingerprint density at radius 1 is 1.13 bits per heavy atom. The van der Waals surface area contributed by atoms with Crippen molar-refractivity contribution in [2.24, 2.45) is 5.92 Å². The van der Waals surface area contributed by atoms with Gasteiger partial charge in [0, 0.05) is 0 Å². The van der Waals surface area contributed by atoms with Crippen LogP contribution in [-0.2, 0) is 13.0 Å². The van der Waals surface area contributed by atoms with Crippen LogP contribution in [0, 0.1) is 5.92 Å². The second-order valence-corrected chi connectivity index (χ2v) is 5.98. The molecule has 1 aromatic carbocycles. The van der Waals surface area contributed by atoms with Gasteiger partial charge in [0.05, 0.1) is 6.54 Å². The zero-order chi connectivity index (χ0) is 15.4. The third kappa shape index (κ3) is 4.85. The number of piperidine rings is 1. The smallest absolute Gasteiger partial charge is 0.371 e. The van der Waals surface area contributed by atoms with Crippen molar-refractivity contribution in [3.8, 4) is 0 Å². The van der Waals surface area contributed by atoms with E-state index in [0.29, 0.717) is 6.54 Å². The summed E-state index contributed by atoms with van der Waals surface area (Å²) in [5.74, 6) is 0.491. The number of carboxylic acid groups (broad SMARTS) is 1. The Morgan fingerprint density at radius 2 is 1.83 bits per heavy atom. The summed E-state index contributed by atoms with van der Waals surface area (Å²) in [7, 11) is 0. The fraction of sp³-hybridized carbons (Fsp3) is 0.389. The topological polar surface area (TPSA) is 53.7 Å². The van der Waals surface area contributed by atoms with Crippen molar-refractivity contribution >= 4 is 18.4 Å². The molecule has 1 aromatic heterocycles. The van der Waals surface area contributed by atoms with Crippen molar-refractivity contribution in [2.75, 3.05) is 13.1 Å². The van der Waals surface area contributed by atoms with Gasteiger partial charge in [0.1, 0.15) is 5.76 Å². The van der Waals surface area contributed by atoms with Gasteiger partial charge in [-0.05, 0) is 56.0 Å². The van der Waals surface area contributed by atoms with Gasteiger partial charge in [0.25, 0.3) is 0 Å². The van der Waals surface area contributed by atoms with Crippen molar-refractivity contribution < 1.29 is 14.3 Å². The standard InChI is InChI=1S/C18H21NO3.ClH/c20-18(21)17-7-6-16(22-17)13-19-10-8-15(9-11-19)12-14-4-2-1-3-5-14;/h1-7,15H,8-13H2,(H,20,21);1H. The van der Waals surface area contributed by atoms with E-state index in [1.165, 1.54) is 24.5 Å². The summed E-state index contributed by atoms with van der Waals surface area (Å²) in [6.07, 6.45) is 3.52. The molecule has 0 amide bonds. The van der Waals surface area contributed by atoms with Crippen LogP contribution >= 0.6 is 12.4 Å². The Hall–Kier alpha value is -1.78. The molecule has 0 aliphatic carbocycles.